The summed E-state index contributed by atoms with van der Waals surface area (Å²) in [4.78, 5) is 5.44. The van der Waals surface area contributed by atoms with Crippen LogP contribution in [-0.4, -0.2) is 6.61 Å². The van der Waals surface area contributed by atoms with Gasteiger partial charge in [0.05, 0.1) is 12.6 Å². The van der Waals surface area contributed by atoms with E-state index in [1.165, 1.54) is 22.3 Å². The van der Waals surface area contributed by atoms with Gasteiger partial charge in [-0.15, -0.1) is 0 Å². The summed E-state index contributed by atoms with van der Waals surface area (Å²) in [6, 6.07) is 17.3. The van der Waals surface area contributed by atoms with Gasteiger partial charge >= 0.3 is 0 Å². The highest BCUT2D eigenvalue weighted by atomic mass is 16.6. The Morgan fingerprint density at radius 2 is 1.56 bits per heavy atom. The van der Waals surface area contributed by atoms with E-state index >= 15 is 0 Å². The minimum Gasteiger partial charge on any atom is -0.301 e. The van der Waals surface area contributed by atoms with Crippen LogP contribution in [0.15, 0.2) is 48.5 Å². The van der Waals surface area contributed by atoms with E-state index in [9.17, 15) is 0 Å². The molecule has 0 aromatic heterocycles. The molecule has 18 heavy (non-hydrogen) atoms. The molecule has 0 saturated carbocycles. The molecule has 0 bridgehead atoms. The van der Waals surface area contributed by atoms with Gasteiger partial charge in [-0.3, -0.25) is 0 Å². The quantitative estimate of drug-likeness (QED) is 0.830. The van der Waals surface area contributed by atoms with E-state index in [1.807, 2.05) is 6.92 Å². The topological polar surface area (TPSA) is 21.3 Å². The molecule has 0 spiro atoms. The van der Waals surface area contributed by atoms with E-state index in [0.717, 1.165) is 6.42 Å². The lowest BCUT2D eigenvalue weighted by Crippen LogP contribution is -2.27. The van der Waals surface area contributed by atoms with Crippen LogP contribution in [0, 0.1) is 0 Å². The van der Waals surface area contributed by atoms with Crippen molar-refractivity contribution >= 4 is 0 Å². The summed E-state index contributed by atoms with van der Waals surface area (Å²) in [6.07, 6.45) is 1.01. The summed E-state index contributed by atoms with van der Waals surface area (Å²) in [5.74, 6) is 0. The highest BCUT2D eigenvalue weighted by Gasteiger charge is 2.24. The smallest absolute Gasteiger partial charge is 0.0827 e. The Kier molecular flexibility index (Phi) is 3.13. The Balaban J connectivity index is 2.05. The normalized spacial score (nSPS) is 14.1. The number of benzene rings is 2. The second-order valence-corrected chi connectivity index (χ2v) is 4.56. The van der Waals surface area contributed by atoms with Crippen LogP contribution in [0.5, 0.6) is 0 Å². The molecule has 0 atom stereocenters. The summed E-state index contributed by atoms with van der Waals surface area (Å²) < 4.78 is 0. The van der Waals surface area contributed by atoms with Crippen molar-refractivity contribution in [2.24, 2.45) is 0 Å². The summed E-state index contributed by atoms with van der Waals surface area (Å²) in [5, 5.41) is 0. The average molecular weight is 239 g/mol. The van der Waals surface area contributed by atoms with Crippen molar-refractivity contribution in [3.05, 3.63) is 70.8 Å². The standard InChI is InChI=1S/C16H17NO/c1-2-18-17-16-14-9-5-3-7-12(14)11-13-8-4-6-10-15(13)16/h3-10,16-17H,2,11H2,1H3. The number of fused-ring (bicyclic) bond motifs is 2. The number of hydrogen-bond donors (Lipinski definition) is 1. The van der Waals surface area contributed by atoms with Gasteiger partial charge in [0, 0.05) is 0 Å². The predicted molar refractivity (Wildman–Crippen MR) is 72.3 cm³/mol. The van der Waals surface area contributed by atoms with Gasteiger partial charge in [-0.2, -0.15) is 5.48 Å². The highest BCUT2D eigenvalue weighted by molar-refractivity contribution is 5.48. The molecule has 2 aromatic carbocycles. The second-order valence-electron chi connectivity index (χ2n) is 4.56. The maximum atomic E-state index is 5.44. The lowest BCUT2D eigenvalue weighted by Gasteiger charge is -2.28. The molecule has 1 N–H and O–H groups in total. The zero-order valence-electron chi connectivity index (χ0n) is 10.5. The van der Waals surface area contributed by atoms with Crippen molar-refractivity contribution < 1.29 is 4.84 Å². The van der Waals surface area contributed by atoms with Gasteiger partial charge in [-0.1, -0.05) is 48.5 Å². The highest BCUT2D eigenvalue weighted by Crippen LogP contribution is 2.34. The van der Waals surface area contributed by atoms with Crippen molar-refractivity contribution in [3.63, 3.8) is 0 Å². The van der Waals surface area contributed by atoms with Crippen molar-refractivity contribution in [1.29, 1.82) is 0 Å². The van der Waals surface area contributed by atoms with Crippen molar-refractivity contribution in [3.8, 4) is 0 Å². The van der Waals surface area contributed by atoms with Crippen molar-refractivity contribution in [2.75, 3.05) is 6.61 Å². The zero-order valence-corrected chi connectivity index (χ0v) is 10.5. The largest absolute Gasteiger partial charge is 0.301 e. The molecule has 3 rings (SSSR count). The van der Waals surface area contributed by atoms with Crippen LogP contribution in [-0.2, 0) is 11.3 Å². The van der Waals surface area contributed by atoms with E-state index in [-0.39, 0.29) is 6.04 Å². The van der Waals surface area contributed by atoms with E-state index < -0.39 is 0 Å². The Morgan fingerprint density at radius 3 is 2.11 bits per heavy atom. The first-order valence-corrected chi connectivity index (χ1v) is 6.43. The van der Waals surface area contributed by atoms with Gasteiger partial charge in [0.1, 0.15) is 0 Å². The number of nitrogens with one attached hydrogen (secondary N) is 1. The molecule has 0 fully saturated rings. The summed E-state index contributed by atoms with van der Waals surface area (Å²) in [7, 11) is 0. The van der Waals surface area contributed by atoms with Crippen LogP contribution in [0.3, 0.4) is 0 Å². The molecule has 2 nitrogen and oxygen atoms in total. The van der Waals surface area contributed by atoms with Crippen molar-refractivity contribution in [1.82, 2.24) is 5.48 Å². The summed E-state index contributed by atoms with van der Waals surface area (Å²) in [6.45, 7) is 2.66. The van der Waals surface area contributed by atoms with Gasteiger partial charge in [-0.05, 0) is 35.6 Å². The lowest BCUT2D eigenvalue weighted by molar-refractivity contribution is 0.0326. The molecule has 0 unspecified atom stereocenters. The van der Waals surface area contributed by atoms with Gasteiger partial charge in [0.15, 0.2) is 0 Å². The molecule has 2 aromatic rings. The van der Waals surface area contributed by atoms with E-state index in [4.69, 9.17) is 4.84 Å². The molecule has 0 amide bonds. The molecule has 0 saturated heterocycles. The van der Waals surface area contributed by atoms with Crippen LogP contribution in [0.2, 0.25) is 0 Å². The van der Waals surface area contributed by atoms with Gasteiger partial charge in [0.25, 0.3) is 0 Å². The fraction of sp³-hybridized carbons (Fsp3) is 0.250. The van der Waals surface area contributed by atoms with Crippen LogP contribution < -0.4 is 5.48 Å². The maximum Gasteiger partial charge on any atom is 0.0827 e. The number of hydroxylamine groups is 1. The van der Waals surface area contributed by atoms with E-state index in [0.29, 0.717) is 6.61 Å². The molecule has 1 aliphatic rings. The fourth-order valence-corrected chi connectivity index (χ4v) is 2.62. The first kappa shape index (κ1) is 11.5. The van der Waals surface area contributed by atoms with Crippen LogP contribution in [0.25, 0.3) is 0 Å². The Labute approximate surface area is 108 Å². The Bertz CT molecular complexity index is 505. The molecular formula is C16H17NO. The van der Waals surface area contributed by atoms with Crippen molar-refractivity contribution in [2.45, 2.75) is 19.4 Å². The SMILES string of the molecule is CCONC1c2ccccc2Cc2ccccc21. The molecule has 0 aliphatic heterocycles. The fourth-order valence-electron chi connectivity index (χ4n) is 2.62. The van der Waals surface area contributed by atoms with Crippen LogP contribution in [0.1, 0.15) is 35.2 Å². The molecule has 0 radical (unpaired) electrons. The minimum atomic E-state index is 0.145. The third-order valence-corrected chi connectivity index (χ3v) is 3.46. The Hall–Kier alpha value is -1.64. The third kappa shape index (κ3) is 1.94. The summed E-state index contributed by atoms with van der Waals surface area (Å²) >= 11 is 0. The van der Waals surface area contributed by atoms with Crippen LogP contribution >= 0.6 is 0 Å². The maximum absolute atomic E-state index is 5.44. The van der Waals surface area contributed by atoms with Gasteiger partial charge in [0.2, 0.25) is 0 Å². The van der Waals surface area contributed by atoms with Crippen LogP contribution in [0.4, 0.5) is 0 Å². The number of rotatable bonds is 3. The van der Waals surface area contributed by atoms with E-state index in [2.05, 4.69) is 54.0 Å². The molecule has 2 heteroatoms. The molecule has 92 valence electrons. The second kappa shape index (κ2) is 4.92. The number of hydrogen-bond acceptors (Lipinski definition) is 2. The first-order valence-electron chi connectivity index (χ1n) is 6.43. The average Bonchev–Trinajstić information content (AvgIpc) is 2.43. The predicted octanol–water partition coefficient (Wildman–Crippen LogP) is 3.22. The molecule has 0 heterocycles. The monoisotopic (exact) mass is 239 g/mol. The first-order chi connectivity index (χ1) is 8.90. The van der Waals surface area contributed by atoms with Gasteiger partial charge in [-0.25, -0.2) is 0 Å². The lowest BCUT2D eigenvalue weighted by atomic mass is 9.83. The Morgan fingerprint density at radius 1 is 1.00 bits per heavy atom. The third-order valence-electron chi connectivity index (χ3n) is 3.46. The van der Waals surface area contributed by atoms with E-state index in [1.54, 1.807) is 0 Å². The molecular weight excluding hydrogens is 222 g/mol. The van der Waals surface area contributed by atoms with Gasteiger partial charge < -0.3 is 4.84 Å². The zero-order chi connectivity index (χ0) is 12.4. The minimum absolute atomic E-state index is 0.145. The summed E-state index contributed by atoms with van der Waals surface area (Å²) in [5.41, 5.74) is 8.60. The molecule has 1 aliphatic carbocycles.